The average Bonchev–Trinajstić information content (AvgIpc) is 3.30. The second-order valence-corrected chi connectivity index (χ2v) is 7.05. The molecule has 1 aliphatic rings. The van der Waals surface area contributed by atoms with E-state index in [0.717, 1.165) is 31.2 Å². The molecule has 28 heavy (non-hydrogen) atoms. The molecule has 8 nitrogen and oxygen atoms in total. The number of rotatable bonds is 6. The van der Waals surface area contributed by atoms with Crippen LogP contribution in [0.5, 0.6) is 0 Å². The van der Waals surface area contributed by atoms with Gasteiger partial charge in [-0.05, 0) is 12.8 Å². The molecule has 0 saturated heterocycles. The van der Waals surface area contributed by atoms with E-state index in [0.29, 0.717) is 23.8 Å². The highest BCUT2D eigenvalue weighted by molar-refractivity contribution is 5.76. The average molecular weight is 381 g/mol. The Hall–Kier alpha value is -3.00. The van der Waals surface area contributed by atoms with Crippen molar-refractivity contribution in [2.75, 3.05) is 7.11 Å². The van der Waals surface area contributed by atoms with Crippen molar-refractivity contribution >= 4 is 11.6 Å². The molecule has 1 fully saturated rings. The predicted octanol–water partition coefficient (Wildman–Crippen LogP) is 1.76. The van der Waals surface area contributed by atoms with Crippen LogP contribution in [0.25, 0.3) is 17.0 Å². The largest absolute Gasteiger partial charge is 0.378 e. The third kappa shape index (κ3) is 3.68. The number of hydrogen-bond donors (Lipinski definition) is 1. The van der Waals surface area contributed by atoms with Crippen LogP contribution in [0.2, 0.25) is 0 Å². The molecule has 1 saturated carbocycles. The van der Waals surface area contributed by atoms with Crippen molar-refractivity contribution in [3.63, 3.8) is 0 Å². The van der Waals surface area contributed by atoms with Crippen LogP contribution in [0.3, 0.4) is 0 Å². The fourth-order valence-electron chi connectivity index (χ4n) is 3.67. The lowest BCUT2D eigenvalue weighted by atomic mass is 10.2. The standard InChI is InChI=1S/C20H23N5O3/c1-28-13-16-11-17-23-24(12-18(26)21-15-9-5-6-10-15)20(27)25(17)19(22-16)14-7-3-2-4-8-14/h2-4,7-8,11,15H,5-6,9-10,12-13H2,1H3,(H,21,26). The number of methoxy groups -OCH3 is 1. The Labute approximate surface area is 162 Å². The number of amides is 1. The summed E-state index contributed by atoms with van der Waals surface area (Å²) in [6, 6.07) is 11.4. The summed E-state index contributed by atoms with van der Waals surface area (Å²) in [5.41, 5.74) is 1.52. The van der Waals surface area contributed by atoms with Crippen LogP contribution in [0, 0.1) is 0 Å². The third-order valence-electron chi connectivity index (χ3n) is 4.96. The number of benzene rings is 1. The Bertz CT molecular complexity index is 1040. The normalized spacial score (nSPS) is 14.6. The van der Waals surface area contributed by atoms with Crippen molar-refractivity contribution in [2.45, 2.75) is 44.9 Å². The van der Waals surface area contributed by atoms with Crippen molar-refractivity contribution in [3.8, 4) is 11.4 Å². The van der Waals surface area contributed by atoms with Gasteiger partial charge in [0.05, 0.1) is 12.3 Å². The van der Waals surface area contributed by atoms with Crippen LogP contribution in [0.1, 0.15) is 31.4 Å². The molecule has 1 amide bonds. The maximum Gasteiger partial charge on any atom is 0.352 e. The summed E-state index contributed by atoms with van der Waals surface area (Å²) in [7, 11) is 1.59. The molecule has 146 valence electrons. The van der Waals surface area contributed by atoms with Gasteiger partial charge in [0.1, 0.15) is 12.4 Å². The fourth-order valence-corrected chi connectivity index (χ4v) is 3.67. The molecule has 2 heterocycles. The lowest BCUT2D eigenvalue weighted by molar-refractivity contribution is -0.122. The summed E-state index contributed by atoms with van der Waals surface area (Å²) in [6.45, 7) is 0.199. The Morgan fingerprint density at radius 3 is 2.71 bits per heavy atom. The molecule has 1 aliphatic carbocycles. The molecule has 2 aromatic heterocycles. The number of fused-ring (bicyclic) bond motifs is 1. The summed E-state index contributed by atoms with van der Waals surface area (Å²) >= 11 is 0. The van der Waals surface area contributed by atoms with E-state index >= 15 is 0 Å². The zero-order valence-electron chi connectivity index (χ0n) is 15.8. The number of nitrogens with one attached hydrogen (secondary N) is 1. The number of hydrogen-bond acceptors (Lipinski definition) is 5. The summed E-state index contributed by atoms with van der Waals surface area (Å²) in [4.78, 5) is 29.9. The maximum atomic E-state index is 13.0. The highest BCUT2D eigenvalue weighted by atomic mass is 16.5. The van der Waals surface area contributed by atoms with Gasteiger partial charge in [0.25, 0.3) is 0 Å². The molecule has 0 radical (unpaired) electrons. The van der Waals surface area contributed by atoms with Gasteiger partial charge in [0, 0.05) is 24.8 Å². The van der Waals surface area contributed by atoms with Gasteiger partial charge in [0.2, 0.25) is 5.91 Å². The summed E-state index contributed by atoms with van der Waals surface area (Å²) in [5.74, 6) is 0.293. The van der Waals surface area contributed by atoms with Crippen LogP contribution in [-0.2, 0) is 22.7 Å². The SMILES string of the molecule is COCc1cc2nn(CC(=O)NC3CCCC3)c(=O)n2c(-c2ccccc2)n1. The summed E-state index contributed by atoms with van der Waals surface area (Å²) < 4.78 is 7.84. The van der Waals surface area contributed by atoms with Crippen LogP contribution in [-0.4, -0.2) is 38.2 Å². The summed E-state index contributed by atoms with van der Waals surface area (Å²) in [5, 5.41) is 7.36. The van der Waals surface area contributed by atoms with Crippen LogP contribution in [0.15, 0.2) is 41.2 Å². The number of aromatic nitrogens is 4. The van der Waals surface area contributed by atoms with Gasteiger partial charge in [-0.2, -0.15) is 0 Å². The van der Waals surface area contributed by atoms with Crippen molar-refractivity contribution in [3.05, 3.63) is 52.6 Å². The quantitative estimate of drug-likeness (QED) is 0.703. The second-order valence-electron chi connectivity index (χ2n) is 7.05. The van der Waals surface area contributed by atoms with Crippen molar-refractivity contribution in [2.24, 2.45) is 0 Å². The summed E-state index contributed by atoms with van der Waals surface area (Å²) in [6.07, 6.45) is 4.25. The number of nitrogens with zero attached hydrogens (tertiary/aromatic N) is 4. The fraction of sp³-hybridized carbons (Fsp3) is 0.400. The Morgan fingerprint density at radius 1 is 1.25 bits per heavy atom. The van der Waals surface area contributed by atoms with Crippen LogP contribution >= 0.6 is 0 Å². The van der Waals surface area contributed by atoms with Gasteiger partial charge in [-0.25, -0.2) is 18.9 Å². The smallest absolute Gasteiger partial charge is 0.352 e. The number of ether oxygens (including phenoxy) is 1. The minimum absolute atomic E-state index is 0.106. The topological polar surface area (TPSA) is 90.5 Å². The Morgan fingerprint density at radius 2 is 2.00 bits per heavy atom. The molecule has 0 unspecified atom stereocenters. The molecule has 4 rings (SSSR count). The van der Waals surface area contributed by atoms with E-state index in [1.165, 1.54) is 9.08 Å². The van der Waals surface area contributed by atoms with Crippen molar-refractivity contribution in [1.29, 1.82) is 0 Å². The zero-order valence-corrected chi connectivity index (χ0v) is 15.8. The highest BCUT2D eigenvalue weighted by Gasteiger charge is 2.20. The Kier molecular flexibility index (Phi) is 5.21. The first-order valence-corrected chi connectivity index (χ1v) is 9.49. The lowest BCUT2D eigenvalue weighted by Crippen LogP contribution is -2.37. The van der Waals surface area contributed by atoms with Gasteiger partial charge in [-0.15, -0.1) is 5.10 Å². The zero-order chi connectivity index (χ0) is 19.5. The molecule has 0 spiro atoms. The van der Waals surface area contributed by atoms with Crippen LogP contribution < -0.4 is 11.0 Å². The predicted molar refractivity (Wildman–Crippen MR) is 104 cm³/mol. The van der Waals surface area contributed by atoms with E-state index < -0.39 is 0 Å². The minimum atomic E-state index is -0.383. The first-order chi connectivity index (χ1) is 13.7. The van der Waals surface area contributed by atoms with E-state index in [4.69, 9.17) is 4.74 Å². The maximum absolute atomic E-state index is 13.0. The molecule has 1 N–H and O–H groups in total. The Balaban J connectivity index is 1.72. The molecule has 8 heteroatoms. The van der Waals surface area contributed by atoms with Gasteiger partial charge in [-0.1, -0.05) is 43.2 Å². The third-order valence-corrected chi connectivity index (χ3v) is 4.96. The van der Waals surface area contributed by atoms with Crippen molar-refractivity contribution < 1.29 is 9.53 Å². The lowest BCUT2D eigenvalue weighted by Gasteiger charge is -2.11. The molecule has 0 atom stereocenters. The highest BCUT2D eigenvalue weighted by Crippen LogP contribution is 2.19. The second kappa shape index (κ2) is 7.93. The van der Waals surface area contributed by atoms with Crippen molar-refractivity contribution in [1.82, 2.24) is 24.5 Å². The molecular formula is C20H23N5O3. The van der Waals surface area contributed by atoms with Gasteiger partial charge >= 0.3 is 5.69 Å². The van der Waals surface area contributed by atoms with E-state index in [-0.39, 0.29) is 24.2 Å². The van der Waals surface area contributed by atoms with E-state index in [1.54, 1.807) is 13.2 Å². The van der Waals surface area contributed by atoms with E-state index in [9.17, 15) is 9.59 Å². The van der Waals surface area contributed by atoms with Gasteiger partial charge in [0.15, 0.2) is 5.65 Å². The first-order valence-electron chi connectivity index (χ1n) is 9.49. The number of carbonyl (C=O) groups is 1. The van der Waals surface area contributed by atoms with Gasteiger partial charge in [-0.3, -0.25) is 4.79 Å². The monoisotopic (exact) mass is 381 g/mol. The molecule has 0 bridgehead atoms. The number of carbonyl (C=O) groups excluding carboxylic acids is 1. The molecule has 0 aliphatic heterocycles. The van der Waals surface area contributed by atoms with Gasteiger partial charge < -0.3 is 10.1 Å². The van der Waals surface area contributed by atoms with Crippen LogP contribution in [0.4, 0.5) is 0 Å². The van der Waals surface area contributed by atoms with E-state index in [1.807, 2.05) is 30.3 Å². The minimum Gasteiger partial charge on any atom is -0.378 e. The molecule has 3 aromatic rings. The van der Waals surface area contributed by atoms with E-state index in [2.05, 4.69) is 15.4 Å². The molecular weight excluding hydrogens is 358 g/mol. The first kappa shape index (κ1) is 18.4. The molecule has 1 aromatic carbocycles.